The summed E-state index contributed by atoms with van der Waals surface area (Å²) in [4.78, 5) is 30.9. The molecule has 0 aromatic heterocycles. The molecule has 3 N–H and O–H groups in total. The summed E-state index contributed by atoms with van der Waals surface area (Å²) in [5.74, 6) is -2.03. The number of hydrazine groups is 1. The molecule has 72 valence electrons. The molecule has 0 aliphatic carbocycles. The zero-order valence-corrected chi connectivity index (χ0v) is 6.73. The highest BCUT2D eigenvalue weighted by Gasteiger charge is 1.99. The summed E-state index contributed by atoms with van der Waals surface area (Å²) in [6.07, 6.45) is 0.532. The Labute approximate surface area is 73.3 Å². The summed E-state index contributed by atoms with van der Waals surface area (Å²) in [5.41, 5.74) is 3.73. The van der Waals surface area contributed by atoms with Crippen molar-refractivity contribution in [3.63, 3.8) is 0 Å². The number of methoxy groups -OCH3 is 1. The maximum absolute atomic E-state index is 10.6. The predicted molar refractivity (Wildman–Crippen MR) is 40.5 cm³/mol. The number of amides is 2. The normalized spacial score (nSPS) is 9.31. The van der Waals surface area contributed by atoms with Crippen LogP contribution in [0.1, 0.15) is 0 Å². The number of carboxylic acid groups (broad SMARTS) is 1. The van der Waals surface area contributed by atoms with Crippen LogP contribution in [-0.2, 0) is 14.3 Å². The van der Waals surface area contributed by atoms with E-state index in [1.165, 1.54) is 0 Å². The summed E-state index contributed by atoms with van der Waals surface area (Å²) < 4.78 is 4.12. The predicted octanol–water partition coefficient (Wildman–Crippen LogP) is -0.986. The summed E-state index contributed by atoms with van der Waals surface area (Å²) in [5, 5.41) is 8.11. The van der Waals surface area contributed by atoms with Crippen molar-refractivity contribution in [3.8, 4) is 0 Å². The fourth-order valence-corrected chi connectivity index (χ4v) is 0.352. The average Bonchev–Trinajstić information content (AvgIpc) is 2.10. The largest absolute Gasteiger partial charge is 0.478 e. The fraction of sp³-hybridized carbons (Fsp3) is 0.167. The van der Waals surface area contributed by atoms with Gasteiger partial charge in [0, 0.05) is 12.2 Å². The molecule has 0 aromatic carbocycles. The van der Waals surface area contributed by atoms with Crippen molar-refractivity contribution in [3.05, 3.63) is 12.2 Å². The lowest BCUT2D eigenvalue weighted by molar-refractivity contribution is -0.131. The molecule has 0 heterocycles. The number of nitrogens with one attached hydrogen (secondary N) is 2. The van der Waals surface area contributed by atoms with E-state index in [9.17, 15) is 14.4 Å². The minimum absolute atomic E-state index is 0.633. The Hall–Kier alpha value is -2.05. The highest BCUT2D eigenvalue weighted by Crippen LogP contribution is 1.73. The monoisotopic (exact) mass is 188 g/mol. The van der Waals surface area contributed by atoms with Crippen molar-refractivity contribution < 1.29 is 24.2 Å². The Balaban J connectivity index is 3.76. The number of hydrogen-bond acceptors (Lipinski definition) is 4. The van der Waals surface area contributed by atoms with Crippen LogP contribution >= 0.6 is 0 Å². The van der Waals surface area contributed by atoms with E-state index >= 15 is 0 Å². The Bertz CT molecular complexity index is 247. The summed E-state index contributed by atoms with van der Waals surface area (Å²) in [6.45, 7) is 0. The van der Waals surface area contributed by atoms with Crippen molar-refractivity contribution in [1.29, 1.82) is 0 Å². The lowest BCUT2D eigenvalue weighted by Crippen LogP contribution is -2.40. The summed E-state index contributed by atoms with van der Waals surface area (Å²) in [6, 6.07) is 0. The lowest BCUT2D eigenvalue weighted by atomic mass is 10.5. The Kier molecular flexibility index (Phi) is 4.70. The quantitative estimate of drug-likeness (QED) is 0.381. The lowest BCUT2D eigenvalue weighted by Gasteiger charge is -2.01. The van der Waals surface area contributed by atoms with Gasteiger partial charge in [0.25, 0.3) is 5.91 Å². The minimum Gasteiger partial charge on any atom is -0.478 e. The number of rotatable bonds is 2. The van der Waals surface area contributed by atoms with E-state index in [-0.39, 0.29) is 0 Å². The van der Waals surface area contributed by atoms with Gasteiger partial charge in [-0.25, -0.2) is 15.0 Å². The number of aliphatic carboxylic acids is 1. The minimum atomic E-state index is -1.26. The average molecular weight is 188 g/mol. The van der Waals surface area contributed by atoms with E-state index in [1.807, 2.05) is 10.9 Å². The second kappa shape index (κ2) is 5.58. The van der Waals surface area contributed by atoms with Crippen LogP contribution < -0.4 is 10.9 Å². The molecule has 7 nitrogen and oxygen atoms in total. The molecule has 0 rings (SSSR count). The molecule has 13 heavy (non-hydrogen) atoms. The third-order valence-electron chi connectivity index (χ3n) is 0.850. The van der Waals surface area contributed by atoms with Gasteiger partial charge in [0.2, 0.25) is 0 Å². The molecule has 0 spiro atoms. The van der Waals surface area contributed by atoms with E-state index < -0.39 is 18.0 Å². The summed E-state index contributed by atoms with van der Waals surface area (Å²) >= 11 is 0. The first kappa shape index (κ1) is 11.0. The molecule has 0 aliphatic heterocycles. The molecule has 7 heteroatoms. The molecule has 0 saturated heterocycles. The molecule has 0 unspecified atom stereocenters. The van der Waals surface area contributed by atoms with Crippen molar-refractivity contribution in [1.82, 2.24) is 10.9 Å². The fourth-order valence-electron chi connectivity index (χ4n) is 0.352. The van der Waals surface area contributed by atoms with Gasteiger partial charge in [-0.05, 0) is 0 Å². The SMILES string of the molecule is COC(=O)NNC(=O)/C=C/C(=O)O. The molecule has 0 aromatic rings. The molecule has 0 bridgehead atoms. The zero-order valence-electron chi connectivity index (χ0n) is 6.73. The maximum atomic E-state index is 10.6. The van der Waals surface area contributed by atoms with Crippen molar-refractivity contribution in [2.75, 3.05) is 7.11 Å². The van der Waals surface area contributed by atoms with Crippen LogP contribution in [0.25, 0.3) is 0 Å². The first-order valence-corrected chi connectivity index (χ1v) is 3.11. The van der Waals surface area contributed by atoms with Crippen LogP contribution in [0, 0.1) is 0 Å². The molecule has 0 aliphatic rings. The Morgan fingerprint density at radius 1 is 1.23 bits per heavy atom. The van der Waals surface area contributed by atoms with Gasteiger partial charge in [-0.3, -0.25) is 10.2 Å². The van der Waals surface area contributed by atoms with Crippen LogP contribution in [-0.4, -0.2) is 30.2 Å². The van der Waals surface area contributed by atoms with E-state index in [0.29, 0.717) is 6.08 Å². The number of carboxylic acids is 1. The van der Waals surface area contributed by atoms with Crippen LogP contribution in [0.15, 0.2) is 12.2 Å². The third kappa shape index (κ3) is 6.35. The second-order valence-electron chi connectivity index (χ2n) is 1.78. The summed E-state index contributed by atoms with van der Waals surface area (Å²) in [7, 11) is 1.12. The molecular formula is C6H8N2O5. The van der Waals surface area contributed by atoms with E-state index in [0.717, 1.165) is 13.2 Å². The van der Waals surface area contributed by atoms with Gasteiger partial charge in [-0.1, -0.05) is 0 Å². The van der Waals surface area contributed by atoms with Crippen LogP contribution in [0.2, 0.25) is 0 Å². The highest BCUT2D eigenvalue weighted by atomic mass is 16.5. The van der Waals surface area contributed by atoms with Crippen LogP contribution in [0.4, 0.5) is 4.79 Å². The number of hydrogen-bond donors (Lipinski definition) is 3. The first-order valence-electron chi connectivity index (χ1n) is 3.11. The standard InChI is InChI=1S/C6H8N2O5/c1-13-6(12)8-7-4(9)2-3-5(10)11/h2-3H,1H3,(H,7,9)(H,8,12)(H,10,11)/b3-2+. The van der Waals surface area contributed by atoms with Gasteiger partial charge < -0.3 is 9.84 Å². The van der Waals surface area contributed by atoms with Crippen molar-refractivity contribution in [2.24, 2.45) is 0 Å². The van der Waals surface area contributed by atoms with Crippen molar-refractivity contribution in [2.45, 2.75) is 0 Å². The van der Waals surface area contributed by atoms with Gasteiger partial charge in [-0.15, -0.1) is 0 Å². The Morgan fingerprint density at radius 3 is 2.31 bits per heavy atom. The molecule has 2 amide bonds. The van der Waals surface area contributed by atoms with Crippen LogP contribution in [0.3, 0.4) is 0 Å². The van der Waals surface area contributed by atoms with Gasteiger partial charge >= 0.3 is 12.1 Å². The molecule has 0 fully saturated rings. The van der Waals surface area contributed by atoms with E-state index in [1.54, 1.807) is 0 Å². The topological polar surface area (TPSA) is 105 Å². The Morgan fingerprint density at radius 2 is 1.85 bits per heavy atom. The maximum Gasteiger partial charge on any atom is 0.425 e. The van der Waals surface area contributed by atoms with Gasteiger partial charge in [0.1, 0.15) is 0 Å². The highest BCUT2D eigenvalue weighted by molar-refractivity contribution is 5.94. The smallest absolute Gasteiger partial charge is 0.425 e. The van der Waals surface area contributed by atoms with Crippen LogP contribution in [0.5, 0.6) is 0 Å². The van der Waals surface area contributed by atoms with Gasteiger partial charge in [0.05, 0.1) is 7.11 Å². The van der Waals surface area contributed by atoms with Crippen molar-refractivity contribution >= 4 is 18.0 Å². The number of carbonyl (C=O) groups excluding carboxylic acids is 2. The van der Waals surface area contributed by atoms with E-state index in [4.69, 9.17) is 5.11 Å². The second-order valence-corrected chi connectivity index (χ2v) is 1.78. The van der Waals surface area contributed by atoms with E-state index in [2.05, 4.69) is 4.74 Å². The van der Waals surface area contributed by atoms with Gasteiger partial charge in [-0.2, -0.15) is 0 Å². The van der Waals surface area contributed by atoms with Gasteiger partial charge in [0.15, 0.2) is 0 Å². The molecular weight excluding hydrogens is 180 g/mol. The number of carbonyl (C=O) groups is 3. The third-order valence-corrected chi connectivity index (χ3v) is 0.850. The molecule has 0 radical (unpaired) electrons. The zero-order chi connectivity index (χ0) is 10.3. The number of ether oxygens (including phenoxy) is 1. The molecule has 0 atom stereocenters. The first-order chi connectivity index (χ1) is 6.06. The molecule has 0 saturated carbocycles.